The van der Waals surface area contributed by atoms with Crippen LogP contribution in [0.5, 0.6) is 5.75 Å². The van der Waals surface area contributed by atoms with Crippen LogP contribution in [0.25, 0.3) is 10.9 Å². The van der Waals surface area contributed by atoms with E-state index >= 15 is 0 Å². The number of nitrogens with one attached hydrogen (secondary N) is 2. The van der Waals surface area contributed by atoms with Crippen LogP contribution in [0.4, 0.5) is 11.4 Å². The van der Waals surface area contributed by atoms with Crippen molar-refractivity contribution in [3.63, 3.8) is 0 Å². The summed E-state index contributed by atoms with van der Waals surface area (Å²) in [6.07, 6.45) is 1.26. The number of ether oxygens (including phenoxy) is 1. The van der Waals surface area contributed by atoms with E-state index in [-0.39, 0.29) is 29.2 Å². The number of anilines is 1. The third kappa shape index (κ3) is 4.58. The summed E-state index contributed by atoms with van der Waals surface area (Å²) in [4.78, 5) is 51.1. The molecule has 2 aromatic carbocycles. The van der Waals surface area contributed by atoms with Crippen LogP contribution in [0.1, 0.15) is 0 Å². The van der Waals surface area contributed by atoms with Crippen molar-refractivity contribution in [1.29, 1.82) is 0 Å². The zero-order valence-electron chi connectivity index (χ0n) is 15.8. The molecular formula is C19H17N5O6. The van der Waals surface area contributed by atoms with E-state index in [1.54, 1.807) is 24.3 Å². The van der Waals surface area contributed by atoms with Crippen molar-refractivity contribution in [3.8, 4) is 5.75 Å². The lowest BCUT2D eigenvalue weighted by Gasteiger charge is -2.11. The molecule has 0 aliphatic carbocycles. The minimum Gasteiger partial charge on any atom is -0.495 e. The number of hydrogen-bond donors (Lipinski definition) is 2. The second-order valence-electron chi connectivity index (χ2n) is 6.16. The second-order valence-corrected chi connectivity index (χ2v) is 6.16. The predicted octanol–water partition coefficient (Wildman–Crippen LogP) is 1.07. The summed E-state index contributed by atoms with van der Waals surface area (Å²) in [7, 11) is 1.36. The Bertz CT molecular complexity index is 1190. The second kappa shape index (κ2) is 8.82. The Morgan fingerprint density at radius 1 is 1.20 bits per heavy atom. The Hall–Kier alpha value is -4.28. The van der Waals surface area contributed by atoms with Crippen LogP contribution in [0.15, 0.2) is 53.6 Å². The molecule has 3 aromatic rings. The van der Waals surface area contributed by atoms with Gasteiger partial charge in [0.25, 0.3) is 11.2 Å². The molecule has 1 heterocycles. The van der Waals surface area contributed by atoms with Crippen molar-refractivity contribution in [2.45, 2.75) is 6.54 Å². The quantitative estimate of drug-likeness (QED) is 0.437. The van der Waals surface area contributed by atoms with Gasteiger partial charge in [0.05, 0.1) is 41.5 Å². The van der Waals surface area contributed by atoms with Crippen LogP contribution in [0, 0.1) is 10.1 Å². The lowest BCUT2D eigenvalue weighted by atomic mass is 10.2. The molecule has 0 atom stereocenters. The largest absolute Gasteiger partial charge is 0.495 e. The standard InChI is InChI=1S/C19H17N5O6/c1-30-16-7-6-12(24(28)29)8-15(16)22-17(25)9-20-18(26)10-23-11-21-14-5-3-2-4-13(14)19(23)27/h2-8,11H,9-10H2,1H3,(H,20,26)(H,22,25). The van der Waals surface area contributed by atoms with Gasteiger partial charge in [-0.2, -0.15) is 0 Å². The van der Waals surface area contributed by atoms with Gasteiger partial charge in [-0.05, 0) is 18.2 Å². The summed E-state index contributed by atoms with van der Waals surface area (Å²) in [5.74, 6) is -0.962. The molecular weight excluding hydrogens is 394 g/mol. The number of carbonyl (C=O) groups is 2. The van der Waals surface area contributed by atoms with E-state index in [2.05, 4.69) is 15.6 Å². The molecule has 0 fully saturated rings. The fourth-order valence-corrected chi connectivity index (χ4v) is 2.71. The van der Waals surface area contributed by atoms with Gasteiger partial charge in [0.2, 0.25) is 11.8 Å². The SMILES string of the molecule is COc1ccc([N+](=O)[O-])cc1NC(=O)CNC(=O)Cn1cnc2ccccc2c1=O. The van der Waals surface area contributed by atoms with E-state index in [4.69, 9.17) is 4.74 Å². The van der Waals surface area contributed by atoms with E-state index in [1.165, 1.54) is 25.6 Å². The van der Waals surface area contributed by atoms with Crippen molar-refractivity contribution in [1.82, 2.24) is 14.9 Å². The van der Waals surface area contributed by atoms with Crippen molar-refractivity contribution in [2.24, 2.45) is 0 Å². The molecule has 0 unspecified atom stereocenters. The van der Waals surface area contributed by atoms with E-state index in [9.17, 15) is 24.5 Å². The third-order valence-corrected chi connectivity index (χ3v) is 4.16. The van der Waals surface area contributed by atoms with Crippen LogP contribution in [-0.2, 0) is 16.1 Å². The van der Waals surface area contributed by atoms with Gasteiger partial charge in [0.1, 0.15) is 12.3 Å². The number of para-hydroxylation sites is 1. The number of amides is 2. The van der Waals surface area contributed by atoms with Gasteiger partial charge in [0, 0.05) is 12.1 Å². The molecule has 0 saturated carbocycles. The predicted molar refractivity (Wildman–Crippen MR) is 107 cm³/mol. The Labute approximate surface area is 169 Å². The zero-order chi connectivity index (χ0) is 21.7. The number of methoxy groups -OCH3 is 1. The fourth-order valence-electron chi connectivity index (χ4n) is 2.71. The molecule has 2 N–H and O–H groups in total. The van der Waals surface area contributed by atoms with E-state index < -0.39 is 23.3 Å². The van der Waals surface area contributed by atoms with Gasteiger partial charge >= 0.3 is 0 Å². The van der Waals surface area contributed by atoms with Gasteiger partial charge in [-0.15, -0.1) is 0 Å². The highest BCUT2D eigenvalue weighted by Crippen LogP contribution is 2.28. The number of aromatic nitrogens is 2. The first-order chi connectivity index (χ1) is 14.4. The summed E-state index contributed by atoms with van der Waals surface area (Å²) >= 11 is 0. The monoisotopic (exact) mass is 411 g/mol. The first kappa shape index (κ1) is 20.5. The van der Waals surface area contributed by atoms with Crippen LogP contribution in [0.2, 0.25) is 0 Å². The lowest BCUT2D eigenvalue weighted by Crippen LogP contribution is -2.37. The van der Waals surface area contributed by atoms with E-state index in [0.717, 1.165) is 10.6 Å². The maximum atomic E-state index is 12.4. The molecule has 0 saturated heterocycles. The minimum atomic E-state index is -0.619. The molecule has 0 aliphatic heterocycles. The van der Waals surface area contributed by atoms with Crippen molar-refractivity contribution in [2.75, 3.05) is 19.0 Å². The molecule has 1 aromatic heterocycles. The highest BCUT2D eigenvalue weighted by Gasteiger charge is 2.15. The summed E-state index contributed by atoms with van der Waals surface area (Å²) in [6.45, 7) is -0.718. The highest BCUT2D eigenvalue weighted by molar-refractivity contribution is 5.96. The van der Waals surface area contributed by atoms with Crippen molar-refractivity contribution in [3.05, 3.63) is 69.3 Å². The number of nitro benzene ring substituents is 1. The number of nitrogens with zero attached hydrogens (tertiary/aromatic N) is 3. The highest BCUT2D eigenvalue weighted by atomic mass is 16.6. The van der Waals surface area contributed by atoms with Gasteiger partial charge in [-0.1, -0.05) is 12.1 Å². The Morgan fingerprint density at radius 3 is 2.70 bits per heavy atom. The molecule has 154 valence electrons. The van der Waals surface area contributed by atoms with Crippen LogP contribution >= 0.6 is 0 Å². The number of hydrogen-bond acceptors (Lipinski definition) is 7. The fraction of sp³-hybridized carbons (Fsp3) is 0.158. The van der Waals surface area contributed by atoms with E-state index in [1.807, 2.05) is 0 Å². The summed E-state index contributed by atoms with van der Waals surface area (Å²) < 4.78 is 6.20. The lowest BCUT2D eigenvalue weighted by molar-refractivity contribution is -0.384. The normalized spacial score (nSPS) is 10.4. The first-order valence-electron chi connectivity index (χ1n) is 8.72. The van der Waals surface area contributed by atoms with Gasteiger partial charge in [-0.3, -0.25) is 29.1 Å². The van der Waals surface area contributed by atoms with Gasteiger partial charge in [-0.25, -0.2) is 4.98 Å². The maximum Gasteiger partial charge on any atom is 0.271 e. The number of fused-ring (bicyclic) bond motifs is 1. The molecule has 0 bridgehead atoms. The number of benzene rings is 2. The Kier molecular flexibility index (Phi) is 6.01. The molecule has 3 rings (SSSR count). The van der Waals surface area contributed by atoms with Crippen LogP contribution in [0.3, 0.4) is 0 Å². The average Bonchev–Trinajstić information content (AvgIpc) is 2.74. The van der Waals surface area contributed by atoms with Crippen molar-refractivity contribution >= 4 is 34.1 Å². The molecule has 11 nitrogen and oxygen atoms in total. The summed E-state index contributed by atoms with van der Waals surface area (Å²) in [5, 5.41) is 16.1. The first-order valence-corrected chi connectivity index (χ1v) is 8.72. The van der Waals surface area contributed by atoms with Crippen LogP contribution < -0.4 is 20.9 Å². The molecule has 0 aliphatic rings. The van der Waals surface area contributed by atoms with Crippen molar-refractivity contribution < 1.29 is 19.2 Å². The van der Waals surface area contributed by atoms with Gasteiger partial charge < -0.3 is 15.4 Å². The molecule has 30 heavy (non-hydrogen) atoms. The molecule has 2 amide bonds. The number of nitro groups is 1. The van der Waals surface area contributed by atoms with Crippen LogP contribution in [-0.4, -0.2) is 39.9 Å². The summed E-state index contributed by atoms with van der Waals surface area (Å²) in [5.41, 5.74) is 0.0187. The number of carbonyl (C=O) groups excluding carboxylic acids is 2. The summed E-state index contributed by atoms with van der Waals surface area (Å²) in [6, 6.07) is 10.5. The average molecular weight is 411 g/mol. The maximum absolute atomic E-state index is 12.4. The van der Waals surface area contributed by atoms with E-state index in [0.29, 0.717) is 10.9 Å². The number of non-ortho nitro benzene ring substituents is 1. The molecule has 11 heteroatoms. The Morgan fingerprint density at radius 2 is 1.97 bits per heavy atom. The minimum absolute atomic E-state index is 0.0981. The zero-order valence-corrected chi connectivity index (χ0v) is 15.8. The topological polar surface area (TPSA) is 145 Å². The van der Waals surface area contributed by atoms with Gasteiger partial charge in [0.15, 0.2) is 0 Å². The number of rotatable bonds is 7. The molecule has 0 radical (unpaired) electrons. The smallest absolute Gasteiger partial charge is 0.271 e. The third-order valence-electron chi connectivity index (χ3n) is 4.16. The molecule has 0 spiro atoms. The Balaban J connectivity index is 1.62.